The van der Waals surface area contributed by atoms with E-state index >= 15 is 0 Å². The maximum Gasteiger partial charge on any atom is 0.421 e. The molecular weight excluding hydrogens is 330 g/mol. The second-order valence-electron chi connectivity index (χ2n) is 3.53. The highest BCUT2D eigenvalue weighted by molar-refractivity contribution is 9.10. The van der Waals surface area contributed by atoms with Crippen LogP contribution in [0.2, 0.25) is 0 Å². The minimum absolute atomic E-state index is 0.0794. The Hall–Kier alpha value is -1.63. The van der Waals surface area contributed by atoms with E-state index in [0.717, 1.165) is 30.5 Å². The summed E-state index contributed by atoms with van der Waals surface area (Å²) in [5, 5.41) is 0. The van der Waals surface area contributed by atoms with E-state index in [9.17, 15) is 17.6 Å². The van der Waals surface area contributed by atoms with Crippen LogP contribution < -0.4 is 4.74 Å². The monoisotopic (exact) mass is 335 g/mol. The molecule has 100 valence electrons. The summed E-state index contributed by atoms with van der Waals surface area (Å²) in [4.78, 5) is 3.53. The standard InChI is InChI=1S/C12H6BrF4NO/c13-9-4-3-7(14)6-10(9)19-11-8(12(15,16)17)2-1-5-18-11/h1-6H. The van der Waals surface area contributed by atoms with Crippen LogP contribution in [0.15, 0.2) is 41.0 Å². The van der Waals surface area contributed by atoms with Crippen LogP contribution in [0.5, 0.6) is 11.6 Å². The lowest BCUT2D eigenvalue weighted by molar-refractivity contribution is -0.138. The normalized spacial score (nSPS) is 11.4. The zero-order chi connectivity index (χ0) is 14.0. The number of hydrogen-bond donors (Lipinski definition) is 0. The van der Waals surface area contributed by atoms with Gasteiger partial charge in [0.15, 0.2) is 0 Å². The molecule has 19 heavy (non-hydrogen) atoms. The van der Waals surface area contributed by atoms with Gasteiger partial charge in [0.25, 0.3) is 0 Å². The third kappa shape index (κ3) is 3.23. The van der Waals surface area contributed by atoms with Crippen molar-refractivity contribution >= 4 is 15.9 Å². The number of aromatic nitrogens is 1. The van der Waals surface area contributed by atoms with E-state index in [-0.39, 0.29) is 5.75 Å². The first kappa shape index (κ1) is 13.8. The van der Waals surface area contributed by atoms with Gasteiger partial charge in [-0.2, -0.15) is 13.2 Å². The molecule has 0 radical (unpaired) electrons. The predicted molar refractivity (Wildman–Crippen MR) is 63.4 cm³/mol. The first-order chi connectivity index (χ1) is 8.88. The van der Waals surface area contributed by atoms with Crippen molar-refractivity contribution < 1.29 is 22.3 Å². The van der Waals surface area contributed by atoms with Crippen molar-refractivity contribution in [2.45, 2.75) is 6.18 Å². The Morgan fingerprint density at radius 1 is 1.16 bits per heavy atom. The molecule has 0 fully saturated rings. The Bertz CT molecular complexity index is 601. The lowest BCUT2D eigenvalue weighted by Crippen LogP contribution is -2.08. The van der Waals surface area contributed by atoms with Crippen LogP contribution >= 0.6 is 15.9 Å². The predicted octanol–water partition coefficient (Wildman–Crippen LogP) is 4.79. The molecule has 0 saturated heterocycles. The van der Waals surface area contributed by atoms with Crippen LogP contribution in [-0.2, 0) is 6.18 Å². The fourth-order valence-electron chi connectivity index (χ4n) is 1.35. The first-order valence-corrected chi connectivity index (χ1v) is 5.82. The van der Waals surface area contributed by atoms with Gasteiger partial charge in [-0.3, -0.25) is 0 Å². The Labute approximate surface area is 114 Å². The van der Waals surface area contributed by atoms with Crippen LogP contribution in [0.3, 0.4) is 0 Å². The minimum Gasteiger partial charge on any atom is -0.437 e. The summed E-state index contributed by atoms with van der Waals surface area (Å²) < 4.78 is 56.6. The summed E-state index contributed by atoms with van der Waals surface area (Å²) in [5.74, 6) is -1.33. The largest absolute Gasteiger partial charge is 0.437 e. The number of rotatable bonds is 2. The van der Waals surface area contributed by atoms with E-state index in [4.69, 9.17) is 4.74 Å². The highest BCUT2D eigenvalue weighted by atomic mass is 79.9. The molecule has 0 N–H and O–H groups in total. The SMILES string of the molecule is Fc1ccc(Br)c(Oc2ncccc2C(F)(F)F)c1. The van der Waals surface area contributed by atoms with Crippen molar-refractivity contribution in [1.29, 1.82) is 0 Å². The summed E-state index contributed by atoms with van der Waals surface area (Å²) in [7, 11) is 0. The second kappa shape index (κ2) is 5.16. The first-order valence-electron chi connectivity index (χ1n) is 5.03. The third-order valence-corrected chi connectivity index (χ3v) is 2.83. The number of pyridine rings is 1. The molecule has 0 aliphatic carbocycles. The zero-order valence-electron chi connectivity index (χ0n) is 9.21. The van der Waals surface area contributed by atoms with E-state index in [1.54, 1.807) is 0 Å². The highest BCUT2D eigenvalue weighted by Gasteiger charge is 2.35. The number of ether oxygens (including phenoxy) is 1. The molecule has 0 spiro atoms. The van der Waals surface area contributed by atoms with Crippen LogP contribution in [0.25, 0.3) is 0 Å². The molecule has 0 unspecified atom stereocenters. The Morgan fingerprint density at radius 3 is 2.58 bits per heavy atom. The Balaban J connectivity index is 2.41. The zero-order valence-corrected chi connectivity index (χ0v) is 10.8. The summed E-state index contributed by atoms with van der Waals surface area (Å²) >= 11 is 3.06. The van der Waals surface area contributed by atoms with Gasteiger partial charge in [0.05, 0.1) is 4.47 Å². The van der Waals surface area contributed by atoms with E-state index < -0.39 is 23.4 Å². The maximum absolute atomic E-state index is 13.0. The van der Waals surface area contributed by atoms with E-state index in [0.29, 0.717) is 4.47 Å². The number of benzene rings is 1. The molecule has 7 heteroatoms. The van der Waals surface area contributed by atoms with Crippen LogP contribution in [0.1, 0.15) is 5.56 Å². The van der Waals surface area contributed by atoms with Crippen molar-refractivity contribution in [1.82, 2.24) is 4.98 Å². The molecule has 0 amide bonds. The lowest BCUT2D eigenvalue weighted by atomic mass is 10.2. The van der Waals surface area contributed by atoms with Crippen molar-refractivity contribution in [2.24, 2.45) is 0 Å². The van der Waals surface area contributed by atoms with Crippen molar-refractivity contribution in [3.8, 4) is 11.6 Å². The highest BCUT2D eigenvalue weighted by Crippen LogP contribution is 2.38. The molecule has 1 aromatic carbocycles. The fourth-order valence-corrected chi connectivity index (χ4v) is 1.68. The molecule has 0 aliphatic heterocycles. The minimum atomic E-state index is -4.59. The van der Waals surface area contributed by atoms with Gasteiger partial charge in [-0.25, -0.2) is 9.37 Å². The van der Waals surface area contributed by atoms with Gasteiger partial charge < -0.3 is 4.74 Å². The van der Waals surface area contributed by atoms with E-state index in [1.807, 2.05) is 0 Å². The fraction of sp³-hybridized carbons (Fsp3) is 0.0833. The van der Waals surface area contributed by atoms with Gasteiger partial charge in [0, 0.05) is 12.3 Å². The van der Waals surface area contributed by atoms with E-state index in [2.05, 4.69) is 20.9 Å². The van der Waals surface area contributed by atoms with E-state index in [1.165, 1.54) is 6.07 Å². The molecule has 1 aromatic heterocycles. The van der Waals surface area contributed by atoms with Crippen LogP contribution in [-0.4, -0.2) is 4.98 Å². The van der Waals surface area contributed by atoms with Crippen molar-refractivity contribution in [2.75, 3.05) is 0 Å². The molecule has 2 rings (SSSR count). The molecule has 2 aromatic rings. The molecule has 0 bridgehead atoms. The topological polar surface area (TPSA) is 22.1 Å². The summed E-state index contributed by atoms with van der Waals surface area (Å²) in [6.45, 7) is 0. The van der Waals surface area contributed by atoms with Gasteiger partial charge in [0.2, 0.25) is 5.88 Å². The molecular formula is C12H6BrF4NO. The van der Waals surface area contributed by atoms with Gasteiger partial charge in [-0.05, 0) is 40.2 Å². The number of halogens is 5. The van der Waals surface area contributed by atoms with Crippen molar-refractivity contribution in [3.63, 3.8) is 0 Å². The summed E-state index contributed by atoms with van der Waals surface area (Å²) in [6, 6.07) is 5.45. The molecule has 0 aliphatic rings. The van der Waals surface area contributed by atoms with Gasteiger partial charge in [-0.1, -0.05) is 0 Å². The quantitative estimate of drug-likeness (QED) is 0.736. The number of alkyl halides is 3. The second-order valence-corrected chi connectivity index (χ2v) is 4.39. The third-order valence-electron chi connectivity index (χ3n) is 2.18. The van der Waals surface area contributed by atoms with Crippen LogP contribution in [0, 0.1) is 5.82 Å². The smallest absolute Gasteiger partial charge is 0.421 e. The lowest BCUT2D eigenvalue weighted by Gasteiger charge is -2.12. The summed E-state index contributed by atoms with van der Waals surface area (Å²) in [6.07, 6.45) is -3.43. The average molecular weight is 336 g/mol. The average Bonchev–Trinajstić information content (AvgIpc) is 2.33. The molecule has 0 atom stereocenters. The van der Waals surface area contributed by atoms with Gasteiger partial charge in [0.1, 0.15) is 17.1 Å². The Kier molecular flexibility index (Phi) is 3.75. The number of nitrogens with zero attached hydrogens (tertiary/aromatic N) is 1. The van der Waals surface area contributed by atoms with Gasteiger partial charge in [-0.15, -0.1) is 0 Å². The van der Waals surface area contributed by atoms with Gasteiger partial charge >= 0.3 is 6.18 Å². The molecule has 1 heterocycles. The summed E-state index contributed by atoms with van der Waals surface area (Å²) in [5.41, 5.74) is -1.02. The molecule has 2 nitrogen and oxygen atoms in total. The maximum atomic E-state index is 13.0. The van der Waals surface area contributed by atoms with Crippen molar-refractivity contribution in [3.05, 3.63) is 52.4 Å². The number of hydrogen-bond acceptors (Lipinski definition) is 2. The van der Waals surface area contributed by atoms with Crippen LogP contribution in [0.4, 0.5) is 17.6 Å². The Morgan fingerprint density at radius 2 is 1.89 bits per heavy atom. The molecule has 0 saturated carbocycles.